The Bertz CT molecular complexity index is 789. The minimum Gasteiger partial charge on any atom is -0.490 e. The Hall–Kier alpha value is -2.79. The number of hydrogen-bond donors (Lipinski definition) is 0. The van der Waals surface area contributed by atoms with Crippen molar-refractivity contribution in [3.63, 3.8) is 0 Å². The molecule has 0 aliphatic carbocycles. The number of halogens is 1. The second kappa shape index (κ2) is 6.76. The summed E-state index contributed by atoms with van der Waals surface area (Å²) in [6.45, 7) is 3.98. The second-order valence-corrected chi connectivity index (χ2v) is 5.61. The van der Waals surface area contributed by atoms with Gasteiger partial charge in [-0.2, -0.15) is 0 Å². The van der Waals surface area contributed by atoms with Gasteiger partial charge in [0.1, 0.15) is 18.9 Å². The van der Waals surface area contributed by atoms with E-state index in [9.17, 15) is 9.59 Å². The maximum Gasteiger partial charge on any atom is 0.336 e. The molecule has 0 bridgehead atoms. The number of carbonyl (C=O) groups excluding carboxylic acids is 2. The van der Waals surface area contributed by atoms with Crippen molar-refractivity contribution >= 4 is 34.9 Å². The molecule has 1 aliphatic rings. The third-order valence-electron chi connectivity index (χ3n) is 3.55. The van der Waals surface area contributed by atoms with Crippen molar-refractivity contribution in [1.29, 1.82) is 0 Å². The van der Waals surface area contributed by atoms with Crippen LogP contribution < -0.4 is 14.5 Å². The Balaban J connectivity index is 1.82. The molecule has 1 saturated heterocycles. The summed E-state index contributed by atoms with van der Waals surface area (Å²) in [5.74, 6) is 0.373. The first-order valence-corrected chi connectivity index (χ1v) is 7.72. The summed E-state index contributed by atoms with van der Waals surface area (Å²) in [6.07, 6.45) is 1.65. The molecule has 2 aromatic carbocycles. The quantitative estimate of drug-likeness (QED) is 0.612. The molecule has 24 heavy (non-hydrogen) atoms. The first kappa shape index (κ1) is 16.1. The fourth-order valence-corrected chi connectivity index (χ4v) is 2.63. The van der Waals surface area contributed by atoms with Crippen molar-refractivity contribution in [3.05, 3.63) is 66.2 Å². The molecule has 0 saturated carbocycles. The molecule has 0 spiro atoms. The number of nitrogens with zero attached hydrogens (tertiary/aromatic N) is 2. The van der Waals surface area contributed by atoms with Crippen LogP contribution in [0.25, 0.3) is 0 Å². The van der Waals surface area contributed by atoms with Gasteiger partial charge in [-0.25, -0.2) is 9.69 Å². The SMILES string of the molecule is C=CCOc1ccc(N2CC(=O)N(c3cccc(Cl)c3)C2=O)cc1. The van der Waals surface area contributed by atoms with Gasteiger partial charge >= 0.3 is 6.03 Å². The van der Waals surface area contributed by atoms with E-state index in [4.69, 9.17) is 16.3 Å². The summed E-state index contributed by atoms with van der Waals surface area (Å²) in [5, 5.41) is 0.468. The van der Waals surface area contributed by atoms with Gasteiger partial charge in [0, 0.05) is 10.7 Å². The zero-order valence-corrected chi connectivity index (χ0v) is 13.6. The summed E-state index contributed by atoms with van der Waals surface area (Å²) in [4.78, 5) is 27.5. The van der Waals surface area contributed by atoms with E-state index in [0.29, 0.717) is 28.8 Å². The van der Waals surface area contributed by atoms with Crippen LogP contribution in [0.15, 0.2) is 61.2 Å². The Kier molecular flexibility index (Phi) is 4.53. The second-order valence-electron chi connectivity index (χ2n) is 5.17. The summed E-state index contributed by atoms with van der Waals surface area (Å²) < 4.78 is 5.41. The molecule has 3 rings (SSSR count). The first-order chi connectivity index (χ1) is 11.6. The van der Waals surface area contributed by atoms with Crippen molar-refractivity contribution in [1.82, 2.24) is 0 Å². The van der Waals surface area contributed by atoms with E-state index in [1.54, 1.807) is 54.6 Å². The Labute approximate surface area is 144 Å². The number of rotatable bonds is 5. The van der Waals surface area contributed by atoms with Gasteiger partial charge in [0.05, 0.1) is 5.69 Å². The van der Waals surface area contributed by atoms with Crippen LogP contribution in [0.5, 0.6) is 5.75 Å². The number of carbonyl (C=O) groups is 2. The summed E-state index contributed by atoms with van der Waals surface area (Å²) >= 11 is 5.95. The van der Waals surface area contributed by atoms with Crippen LogP contribution in [0.3, 0.4) is 0 Å². The highest BCUT2D eigenvalue weighted by Crippen LogP contribution is 2.28. The van der Waals surface area contributed by atoms with Gasteiger partial charge in [0.25, 0.3) is 5.91 Å². The predicted molar refractivity (Wildman–Crippen MR) is 93.8 cm³/mol. The number of anilines is 2. The largest absolute Gasteiger partial charge is 0.490 e. The zero-order chi connectivity index (χ0) is 17.1. The molecular formula is C18H15ClN2O3. The lowest BCUT2D eigenvalue weighted by atomic mass is 10.3. The maximum atomic E-state index is 12.6. The summed E-state index contributed by atoms with van der Waals surface area (Å²) in [7, 11) is 0. The van der Waals surface area contributed by atoms with Gasteiger partial charge in [-0.05, 0) is 42.5 Å². The molecule has 0 aromatic heterocycles. The molecule has 1 fully saturated rings. The Morgan fingerprint density at radius 2 is 1.88 bits per heavy atom. The first-order valence-electron chi connectivity index (χ1n) is 7.34. The van der Waals surface area contributed by atoms with Gasteiger partial charge in [-0.3, -0.25) is 9.69 Å². The minimum absolute atomic E-state index is 0.0157. The third kappa shape index (κ3) is 3.12. The van der Waals surface area contributed by atoms with E-state index in [0.717, 1.165) is 4.90 Å². The molecule has 1 heterocycles. The molecule has 122 valence electrons. The molecule has 0 radical (unpaired) electrons. The fraction of sp³-hybridized carbons (Fsp3) is 0.111. The molecule has 3 amide bonds. The van der Waals surface area contributed by atoms with Crippen LogP contribution in [0, 0.1) is 0 Å². The van der Waals surface area contributed by atoms with E-state index < -0.39 is 6.03 Å². The smallest absolute Gasteiger partial charge is 0.336 e. The van der Waals surface area contributed by atoms with Crippen LogP contribution in [0.2, 0.25) is 5.02 Å². The van der Waals surface area contributed by atoms with Gasteiger partial charge in [0.15, 0.2) is 0 Å². The monoisotopic (exact) mass is 342 g/mol. The van der Waals surface area contributed by atoms with E-state index in [1.165, 1.54) is 4.90 Å². The van der Waals surface area contributed by atoms with E-state index in [1.807, 2.05) is 0 Å². The Morgan fingerprint density at radius 1 is 1.12 bits per heavy atom. The van der Waals surface area contributed by atoms with Crippen molar-refractivity contribution in [3.8, 4) is 5.75 Å². The lowest BCUT2D eigenvalue weighted by molar-refractivity contribution is -0.115. The lowest BCUT2D eigenvalue weighted by Gasteiger charge is -2.17. The molecule has 2 aromatic rings. The lowest BCUT2D eigenvalue weighted by Crippen LogP contribution is -2.32. The molecule has 0 N–H and O–H groups in total. The van der Waals surface area contributed by atoms with Crippen molar-refractivity contribution in [2.24, 2.45) is 0 Å². The van der Waals surface area contributed by atoms with Crippen LogP contribution in [-0.2, 0) is 4.79 Å². The number of amides is 3. The topological polar surface area (TPSA) is 49.9 Å². The van der Waals surface area contributed by atoms with Gasteiger partial charge in [-0.1, -0.05) is 30.3 Å². The highest BCUT2D eigenvalue weighted by Gasteiger charge is 2.38. The number of urea groups is 1. The minimum atomic E-state index is -0.401. The molecule has 0 atom stereocenters. The normalized spacial score (nSPS) is 14.2. The maximum absolute atomic E-state index is 12.6. The highest BCUT2D eigenvalue weighted by molar-refractivity contribution is 6.32. The van der Waals surface area contributed by atoms with Crippen molar-refractivity contribution in [2.45, 2.75) is 0 Å². The third-order valence-corrected chi connectivity index (χ3v) is 3.78. The van der Waals surface area contributed by atoms with Crippen molar-refractivity contribution in [2.75, 3.05) is 23.0 Å². The zero-order valence-electron chi connectivity index (χ0n) is 12.8. The summed E-state index contributed by atoms with van der Waals surface area (Å²) in [5.41, 5.74) is 1.09. The van der Waals surface area contributed by atoms with Crippen LogP contribution >= 0.6 is 11.6 Å². The van der Waals surface area contributed by atoms with E-state index in [-0.39, 0.29) is 12.5 Å². The van der Waals surface area contributed by atoms with Crippen LogP contribution in [-0.4, -0.2) is 25.1 Å². The molecule has 5 nitrogen and oxygen atoms in total. The number of imide groups is 1. The van der Waals surface area contributed by atoms with E-state index >= 15 is 0 Å². The fourth-order valence-electron chi connectivity index (χ4n) is 2.45. The Morgan fingerprint density at radius 3 is 2.54 bits per heavy atom. The number of ether oxygens (including phenoxy) is 1. The van der Waals surface area contributed by atoms with Gasteiger partial charge in [-0.15, -0.1) is 0 Å². The molecule has 1 aliphatic heterocycles. The average molecular weight is 343 g/mol. The number of benzene rings is 2. The number of hydrogen-bond acceptors (Lipinski definition) is 3. The summed E-state index contributed by atoms with van der Waals surface area (Å²) in [6, 6.07) is 13.2. The molecule has 6 heteroatoms. The van der Waals surface area contributed by atoms with Crippen LogP contribution in [0.4, 0.5) is 16.2 Å². The standard InChI is InChI=1S/C18H15ClN2O3/c1-2-10-24-16-8-6-14(7-9-16)20-12-17(22)21(18(20)23)15-5-3-4-13(19)11-15/h2-9,11H,1,10,12H2. The van der Waals surface area contributed by atoms with Gasteiger partial charge < -0.3 is 4.74 Å². The average Bonchev–Trinajstić information content (AvgIpc) is 2.88. The molecular weight excluding hydrogens is 328 g/mol. The highest BCUT2D eigenvalue weighted by atomic mass is 35.5. The van der Waals surface area contributed by atoms with Gasteiger partial charge in [0.2, 0.25) is 0 Å². The molecule has 0 unspecified atom stereocenters. The predicted octanol–water partition coefficient (Wildman–Crippen LogP) is 3.88. The van der Waals surface area contributed by atoms with Crippen LogP contribution in [0.1, 0.15) is 0 Å². The van der Waals surface area contributed by atoms with Crippen molar-refractivity contribution < 1.29 is 14.3 Å². The van der Waals surface area contributed by atoms with E-state index in [2.05, 4.69) is 6.58 Å².